The number of fused-ring (bicyclic) bond motifs is 10. The third kappa shape index (κ3) is 4.35. The van der Waals surface area contributed by atoms with Gasteiger partial charge in [-0.2, -0.15) is 0 Å². The summed E-state index contributed by atoms with van der Waals surface area (Å²) in [4.78, 5) is 1.40. The fourth-order valence-electron chi connectivity index (χ4n) is 8.53. The van der Waals surface area contributed by atoms with Gasteiger partial charge in [0.25, 0.3) is 0 Å². The van der Waals surface area contributed by atoms with Gasteiger partial charge in [0.15, 0.2) is 0 Å². The number of benzene rings is 7. The average molecular weight is 669 g/mol. The number of nitrogens with zero attached hydrogens (tertiary/aromatic N) is 2. The summed E-state index contributed by atoms with van der Waals surface area (Å²) in [5.74, 6) is 0. The molecule has 0 amide bonds. The first kappa shape index (κ1) is 28.7. The molecule has 0 unspecified atom stereocenters. The van der Waals surface area contributed by atoms with Crippen molar-refractivity contribution in [3.05, 3.63) is 180 Å². The smallest absolute Gasteiger partial charge is 0.0555 e. The molecule has 0 radical (unpaired) electrons. The van der Waals surface area contributed by atoms with Crippen LogP contribution in [0.4, 0.5) is 0 Å². The topological polar surface area (TPSA) is 9.86 Å². The summed E-state index contributed by atoms with van der Waals surface area (Å²) in [6.45, 7) is 0. The maximum atomic E-state index is 2.48. The molecule has 3 heterocycles. The minimum Gasteiger partial charge on any atom is -0.309 e. The van der Waals surface area contributed by atoms with Gasteiger partial charge >= 0.3 is 0 Å². The number of para-hydroxylation sites is 2. The molecule has 1 aliphatic rings. The fourth-order valence-corrected chi connectivity index (χ4v) is 9.91. The van der Waals surface area contributed by atoms with E-state index in [1.165, 1.54) is 97.8 Å². The third-order valence-electron chi connectivity index (χ3n) is 10.8. The van der Waals surface area contributed by atoms with E-state index in [9.17, 15) is 0 Å². The molecule has 0 fully saturated rings. The van der Waals surface area contributed by atoms with Gasteiger partial charge < -0.3 is 9.13 Å². The first-order valence-electron chi connectivity index (χ1n) is 17.7. The summed E-state index contributed by atoms with van der Waals surface area (Å²) in [5, 5.41) is 6.57. The van der Waals surface area contributed by atoms with E-state index in [0.29, 0.717) is 0 Å². The summed E-state index contributed by atoms with van der Waals surface area (Å²) in [5.41, 5.74) is 14.0. The van der Waals surface area contributed by atoms with E-state index in [-0.39, 0.29) is 0 Å². The summed E-state index contributed by atoms with van der Waals surface area (Å²) < 4.78 is 6.30. The van der Waals surface area contributed by atoms with Crippen LogP contribution in [0, 0.1) is 0 Å². The molecule has 3 heteroatoms. The van der Waals surface area contributed by atoms with E-state index < -0.39 is 0 Å². The molecule has 240 valence electrons. The maximum absolute atomic E-state index is 2.48. The lowest BCUT2D eigenvalue weighted by molar-refractivity contribution is 1.02. The highest BCUT2D eigenvalue weighted by molar-refractivity contribution is 7.21. The van der Waals surface area contributed by atoms with Crippen molar-refractivity contribution in [2.24, 2.45) is 0 Å². The quantitative estimate of drug-likeness (QED) is 0.177. The van der Waals surface area contributed by atoms with Gasteiger partial charge in [-0.1, -0.05) is 115 Å². The Bertz CT molecular complexity index is 2960. The summed E-state index contributed by atoms with van der Waals surface area (Å²) >= 11 is 1.96. The van der Waals surface area contributed by atoms with Crippen molar-refractivity contribution in [1.29, 1.82) is 0 Å². The van der Waals surface area contributed by atoms with E-state index in [1.54, 1.807) is 0 Å². The van der Waals surface area contributed by atoms with E-state index in [4.69, 9.17) is 0 Å². The Kier molecular flexibility index (Phi) is 6.28. The third-order valence-corrected chi connectivity index (χ3v) is 12.1. The van der Waals surface area contributed by atoms with Crippen LogP contribution < -0.4 is 0 Å². The first-order valence-corrected chi connectivity index (χ1v) is 18.5. The second-order valence-corrected chi connectivity index (χ2v) is 14.7. The van der Waals surface area contributed by atoms with E-state index in [0.717, 1.165) is 12.8 Å². The minimum atomic E-state index is 1.06. The molecule has 0 atom stereocenters. The fraction of sp³-hybridized carbons (Fsp3) is 0.0417. The Labute approximate surface area is 299 Å². The lowest BCUT2D eigenvalue weighted by Crippen LogP contribution is -1.96. The second kappa shape index (κ2) is 11.2. The molecule has 2 nitrogen and oxygen atoms in total. The van der Waals surface area contributed by atoms with Crippen LogP contribution in [0.3, 0.4) is 0 Å². The number of hydrogen-bond acceptors (Lipinski definition) is 1. The Hall–Kier alpha value is -6.16. The minimum absolute atomic E-state index is 1.06. The van der Waals surface area contributed by atoms with Crippen molar-refractivity contribution in [2.75, 3.05) is 0 Å². The number of hydrogen-bond donors (Lipinski definition) is 0. The van der Waals surface area contributed by atoms with Crippen molar-refractivity contribution in [1.82, 2.24) is 9.13 Å². The summed E-state index contributed by atoms with van der Waals surface area (Å²) in [6, 6.07) is 60.0. The van der Waals surface area contributed by atoms with E-state index in [1.807, 2.05) is 11.3 Å². The molecule has 0 bridgehead atoms. The van der Waals surface area contributed by atoms with Gasteiger partial charge in [0.1, 0.15) is 0 Å². The van der Waals surface area contributed by atoms with E-state index in [2.05, 4.69) is 179 Å². The van der Waals surface area contributed by atoms with Gasteiger partial charge in [0, 0.05) is 42.5 Å². The molecule has 0 aliphatic heterocycles. The molecule has 51 heavy (non-hydrogen) atoms. The van der Waals surface area contributed by atoms with E-state index >= 15 is 0 Å². The zero-order valence-electron chi connectivity index (χ0n) is 27.9. The number of aromatic nitrogens is 2. The molecule has 3 aromatic heterocycles. The van der Waals surface area contributed by atoms with Crippen LogP contribution in [-0.2, 0) is 6.42 Å². The molecule has 0 saturated carbocycles. The van der Waals surface area contributed by atoms with Gasteiger partial charge in [-0.25, -0.2) is 0 Å². The summed E-state index contributed by atoms with van der Waals surface area (Å²) in [7, 11) is 0. The lowest BCUT2D eigenvalue weighted by atomic mass is 9.91. The van der Waals surface area contributed by atoms with Crippen LogP contribution in [0.25, 0.3) is 87.8 Å². The number of rotatable bonds is 4. The molecular formula is C48H32N2S. The van der Waals surface area contributed by atoms with Crippen LogP contribution in [0.5, 0.6) is 0 Å². The highest BCUT2D eigenvalue weighted by atomic mass is 32.1. The van der Waals surface area contributed by atoms with Crippen molar-refractivity contribution < 1.29 is 0 Å². The normalized spacial score (nSPS) is 13.1. The zero-order chi connectivity index (χ0) is 33.5. The standard InChI is InChI=1S/C48H32N2S/c1-3-12-31(13-4-1)33-16-11-17-35(28-33)50-44-26-23-36(49-42-20-9-7-18-37(42)38-19-8-10-21-43(38)49)30-41(44)47-45(50)27-25-40-39-24-22-34(29-46(39)51-48(40)47)32-14-5-2-6-15-32/h1-21,23,25-30H,22,24H2. The van der Waals surface area contributed by atoms with Crippen LogP contribution in [0.1, 0.15) is 22.4 Å². The number of allylic oxidation sites excluding steroid dienone is 1. The second-order valence-electron chi connectivity index (χ2n) is 13.6. The monoisotopic (exact) mass is 668 g/mol. The Morgan fingerprint density at radius 2 is 1.02 bits per heavy atom. The predicted octanol–water partition coefficient (Wildman–Crippen LogP) is 13.2. The lowest BCUT2D eigenvalue weighted by Gasteiger charge is -2.14. The molecular weight excluding hydrogens is 637 g/mol. The van der Waals surface area contributed by atoms with Crippen molar-refractivity contribution in [3.8, 4) is 22.5 Å². The SMILES string of the molecule is C1=C(c2ccccc2)CCc2c1sc1c2ccc2c1c1cc(-n3c4ccccc4c4ccccc43)ccc1n2-c1cccc(-c2ccccc2)c1. The Morgan fingerprint density at radius 1 is 0.412 bits per heavy atom. The Balaban J connectivity index is 1.21. The average Bonchev–Trinajstić information content (AvgIpc) is 3.85. The van der Waals surface area contributed by atoms with Gasteiger partial charge in [0.05, 0.1) is 22.1 Å². The van der Waals surface area contributed by atoms with Gasteiger partial charge in [0.2, 0.25) is 0 Å². The number of thiophene rings is 1. The highest BCUT2D eigenvalue weighted by Gasteiger charge is 2.23. The van der Waals surface area contributed by atoms with Crippen LogP contribution in [0.15, 0.2) is 164 Å². The summed E-state index contributed by atoms with van der Waals surface area (Å²) in [6.07, 6.45) is 4.58. The highest BCUT2D eigenvalue weighted by Crippen LogP contribution is 2.46. The molecule has 0 N–H and O–H groups in total. The van der Waals surface area contributed by atoms with Crippen molar-refractivity contribution in [2.45, 2.75) is 12.8 Å². The molecule has 0 spiro atoms. The molecule has 0 saturated heterocycles. The van der Waals surface area contributed by atoms with Crippen LogP contribution >= 0.6 is 11.3 Å². The Morgan fingerprint density at radius 3 is 1.78 bits per heavy atom. The van der Waals surface area contributed by atoms with Crippen molar-refractivity contribution in [3.63, 3.8) is 0 Å². The van der Waals surface area contributed by atoms with Crippen LogP contribution in [-0.4, -0.2) is 9.13 Å². The number of aryl methyl sites for hydroxylation is 1. The largest absolute Gasteiger partial charge is 0.309 e. The van der Waals surface area contributed by atoms with Crippen molar-refractivity contribution >= 4 is 76.7 Å². The molecule has 7 aromatic carbocycles. The molecule has 11 rings (SSSR count). The molecule has 1 aliphatic carbocycles. The zero-order valence-corrected chi connectivity index (χ0v) is 28.7. The van der Waals surface area contributed by atoms with Crippen LogP contribution in [0.2, 0.25) is 0 Å². The van der Waals surface area contributed by atoms with Gasteiger partial charge in [-0.05, 0) is 101 Å². The maximum Gasteiger partial charge on any atom is 0.0555 e. The first-order chi connectivity index (χ1) is 25.3. The molecule has 10 aromatic rings. The predicted molar refractivity (Wildman–Crippen MR) is 219 cm³/mol. The van der Waals surface area contributed by atoms with Gasteiger partial charge in [-0.15, -0.1) is 11.3 Å². The van der Waals surface area contributed by atoms with Gasteiger partial charge in [-0.3, -0.25) is 0 Å².